The van der Waals surface area contributed by atoms with Crippen LogP contribution in [0.15, 0.2) is 23.4 Å². The van der Waals surface area contributed by atoms with E-state index in [9.17, 15) is 9.59 Å². The second-order valence-electron chi connectivity index (χ2n) is 7.21. The highest BCUT2D eigenvalue weighted by molar-refractivity contribution is 7.99. The predicted octanol–water partition coefficient (Wildman–Crippen LogP) is 3.05. The van der Waals surface area contributed by atoms with Crippen LogP contribution in [-0.2, 0) is 17.6 Å². The molecule has 0 atom stereocenters. The van der Waals surface area contributed by atoms with Gasteiger partial charge in [-0.2, -0.15) is 4.68 Å². The van der Waals surface area contributed by atoms with Crippen molar-refractivity contribution in [2.45, 2.75) is 44.7 Å². The lowest BCUT2D eigenvalue weighted by molar-refractivity contribution is -0.113. The van der Waals surface area contributed by atoms with Crippen LogP contribution >= 0.6 is 23.1 Å². The molecular weight excluding hydrogens is 420 g/mol. The molecule has 0 aliphatic heterocycles. The van der Waals surface area contributed by atoms with Gasteiger partial charge in [0, 0.05) is 4.88 Å². The Labute approximate surface area is 182 Å². The van der Waals surface area contributed by atoms with Gasteiger partial charge < -0.3 is 11.1 Å². The molecule has 3 N–H and O–H groups in total. The average molecular weight is 443 g/mol. The van der Waals surface area contributed by atoms with Crippen LogP contribution in [-0.4, -0.2) is 37.8 Å². The largest absolute Gasteiger partial charge is 0.365 e. The Morgan fingerprint density at radius 1 is 1.27 bits per heavy atom. The van der Waals surface area contributed by atoms with Crippen molar-refractivity contribution in [3.63, 3.8) is 0 Å². The van der Waals surface area contributed by atoms with Gasteiger partial charge >= 0.3 is 0 Å². The maximum absolute atomic E-state index is 12.6. The number of thioether (sulfide) groups is 1. The summed E-state index contributed by atoms with van der Waals surface area (Å²) < 4.78 is 1.64. The third-order valence-electron chi connectivity index (χ3n) is 5.25. The smallest absolute Gasteiger partial charge is 0.251 e. The van der Waals surface area contributed by atoms with Gasteiger partial charge in [0.1, 0.15) is 5.00 Å². The van der Waals surface area contributed by atoms with Crippen LogP contribution in [0.5, 0.6) is 0 Å². The minimum Gasteiger partial charge on any atom is -0.365 e. The lowest BCUT2D eigenvalue weighted by Crippen LogP contribution is -2.19. The number of rotatable bonds is 6. The summed E-state index contributed by atoms with van der Waals surface area (Å²) in [6.07, 6.45) is 3.89. The van der Waals surface area contributed by atoms with E-state index in [0.29, 0.717) is 15.7 Å². The molecule has 1 aliphatic rings. The molecule has 0 saturated heterocycles. The quantitative estimate of drug-likeness (QED) is 0.567. The monoisotopic (exact) mass is 442 g/mol. The summed E-state index contributed by atoms with van der Waals surface area (Å²) in [5.74, 6) is -0.598. The third kappa shape index (κ3) is 3.97. The molecule has 0 unspecified atom stereocenters. The number of primary amides is 1. The number of aromatic nitrogens is 4. The van der Waals surface area contributed by atoms with Crippen LogP contribution in [0.25, 0.3) is 5.69 Å². The lowest BCUT2D eigenvalue weighted by atomic mass is 9.95. The zero-order valence-corrected chi connectivity index (χ0v) is 18.4. The number of anilines is 1. The highest BCUT2D eigenvalue weighted by Gasteiger charge is 2.25. The van der Waals surface area contributed by atoms with Crippen LogP contribution in [0.2, 0.25) is 0 Å². The molecule has 30 heavy (non-hydrogen) atoms. The van der Waals surface area contributed by atoms with Crippen LogP contribution < -0.4 is 11.1 Å². The SMILES string of the molecule is Cc1cccc(-n2nnnc2SCC(=O)Nc2sc3c(c2C(N)=O)CCCC3)c1C. The molecule has 0 spiro atoms. The van der Waals surface area contributed by atoms with E-state index < -0.39 is 5.91 Å². The maximum atomic E-state index is 12.6. The van der Waals surface area contributed by atoms with Crippen LogP contribution in [0.4, 0.5) is 5.00 Å². The number of nitrogens with zero attached hydrogens (tertiary/aromatic N) is 4. The van der Waals surface area contributed by atoms with Gasteiger partial charge in [-0.05, 0) is 72.7 Å². The van der Waals surface area contributed by atoms with E-state index in [-0.39, 0.29) is 11.7 Å². The Morgan fingerprint density at radius 2 is 2.07 bits per heavy atom. The van der Waals surface area contributed by atoms with E-state index in [0.717, 1.165) is 52.9 Å². The Morgan fingerprint density at radius 3 is 2.87 bits per heavy atom. The Hall–Kier alpha value is -2.72. The standard InChI is InChI=1S/C20H22N6O2S2/c1-11-6-5-8-14(12(11)2)26-20(23-24-25-26)29-10-16(27)22-19-17(18(21)28)13-7-3-4-9-15(13)30-19/h5-6,8H,3-4,7,9-10H2,1-2H3,(H2,21,28)(H,22,27). The van der Waals surface area contributed by atoms with Crippen molar-refractivity contribution in [3.05, 3.63) is 45.3 Å². The van der Waals surface area contributed by atoms with E-state index in [1.807, 2.05) is 32.0 Å². The van der Waals surface area contributed by atoms with E-state index in [1.54, 1.807) is 4.68 Å². The third-order valence-corrected chi connectivity index (χ3v) is 7.37. The van der Waals surface area contributed by atoms with Gasteiger partial charge in [0.25, 0.3) is 5.91 Å². The number of benzene rings is 1. The van der Waals surface area contributed by atoms with Crippen molar-refractivity contribution < 1.29 is 9.59 Å². The molecule has 2 aromatic heterocycles. The Balaban J connectivity index is 1.49. The molecule has 1 aliphatic carbocycles. The van der Waals surface area contributed by atoms with Gasteiger partial charge in [0.2, 0.25) is 11.1 Å². The topological polar surface area (TPSA) is 116 Å². The molecule has 3 aromatic rings. The molecule has 8 nitrogen and oxygen atoms in total. The normalized spacial score (nSPS) is 13.1. The molecule has 0 radical (unpaired) electrons. The highest BCUT2D eigenvalue weighted by Crippen LogP contribution is 2.38. The zero-order valence-electron chi connectivity index (χ0n) is 16.8. The van der Waals surface area contributed by atoms with Gasteiger partial charge in [0.05, 0.1) is 17.0 Å². The molecule has 0 fully saturated rings. The van der Waals surface area contributed by atoms with E-state index in [4.69, 9.17) is 5.73 Å². The van der Waals surface area contributed by atoms with E-state index in [2.05, 4.69) is 20.8 Å². The molecule has 0 bridgehead atoms. The number of nitrogens with two attached hydrogens (primary N) is 1. The van der Waals surface area contributed by atoms with E-state index >= 15 is 0 Å². The lowest BCUT2D eigenvalue weighted by Gasteiger charge is -2.11. The summed E-state index contributed by atoms with van der Waals surface area (Å²) in [7, 11) is 0. The Bertz CT molecular complexity index is 1120. The van der Waals surface area contributed by atoms with Crippen molar-refractivity contribution in [2.75, 3.05) is 11.1 Å². The summed E-state index contributed by atoms with van der Waals surface area (Å²) >= 11 is 2.70. The van der Waals surface area contributed by atoms with Gasteiger partial charge in [-0.1, -0.05) is 23.9 Å². The number of carbonyl (C=O) groups is 2. The predicted molar refractivity (Wildman–Crippen MR) is 117 cm³/mol. The summed E-state index contributed by atoms with van der Waals surface area (Å²) in [6.45, 7) is 4.04. The van der Waals surface area contributed by atoms with Gasteiger partial charge in [0.15, 0.2) is 0 Å². The number of fused-ring (bicyclic) bond motifs is 1. The Kier molecular flexibility index (Phi) is 5.87. The fraction of sp³-hybridized carbons (Fsp3) is 0.350. The molecule has 4 rings (SSSR count). The molecule has 2 heterocycles. The first-order valence-electron chi connectivity index (χ1n) is 9.67. The van der Waals surface area contributed by atoms with Gasteiger partial charge in [-0.3, -0.25) is 9.59 Å². The summed E-state index contributed by atoms with van der Waals surface area (Å²) in [5.41, 5.74) is 10.2. The van der Waals surface area contributed by atoms with E-state index in [1.165, 1.54) is 23.1 Å². The van der Waals surface area contributed by atoms with Crippen LogP contribution in [0.1, 0.15) is 44.8 Å². The minimum absolute atomic E-state index is 0.117. The first kappa shape index (κ1) is 20.5. The minimum atomic E-state index is -0.490. The number of hydrogen-bond donors (Lipinski definition) is 2. The highest BCUT2D eigenvalue weighted by atomic mass is 32.2. The molecule has 2 amide bonds. The van der Waals surface area contributed by atoms with Crippen molar-refractivity contribution in [1.82, 2.24) is 20.2 Å². The van der Waals surface area contributed by atoms with Gasteiger partial charge in [-0.15, -0.1) is 16.4 Å². The molecule has 0 saturated carbocycles. The van der Waals surface area contributed by atoms with Gasteiger partial charge in [-0.25, -0.2) is 0 Å². The van der Waals surface area contributed by atoms with Crippen molar-refractivity contribution in [2.24, 2.45) is 5.73 Å². The molecule has 156 valence electrons. The number of aryl methyl sites for hydroxylation is 2. The average Bonchev–Trinajstić information content (AvgIpc) is 3.32. The number of carbonyl (C=O) groups excluding carboxylic acids is 2. The van der Waals surface area contributed by atoms with Crippen molar-refractivity contribution in [1.29, 1.82) is 0 Å². The van der Waals surface area contributed by atoms with Crippen molar-refractivity contribution >= 4 is 39.9 Å². The molecule has 10 heteroatoms. The summed E-state index contributed by atoms with van der Waals surface area (Å²) in [6, 6.07) is 5.92. The molecule has 1 aromatic carbocycles. The summed E-state index contributed by atoms with van der Waals surface area (Å²) in [5, 5.41) is 15.8. The number of tetrazole rings is 1. The second kappa shape index (κ2) is 8.57. The van der Waals surface area contributed by atoms with Crippen LogP contribution in [0, 0.1) is 13.8 Å². The fourth-order valence-corrected chi connectivity index (χ4v) is 5.59. The maximum Gasteiger partial charge on any atom is 0.251 e. The zero-order chi connectivity index (χ0) is 21.3. The first-order chi connectivity index (χ1) is 14.5. The second-order valence-corrected chi connectivity index (χ2v) is 9.26. The first-order valence-corrected chi connectivity index (χ1v) is 11.5. The number of amides is 2. The van der Waals surface area contributed by atoms with Crippen LogP contribution in [0.3, 0.4) is 0 Å². The number of hydrogen-bond acceptors (Lipinski definition) is 7. The summed E-state index contributed by atoms with van der Waals surface area (Å²) in [4.78, 5) is 25.7. The molecular formula is C20H22N6O2S2. The number of thiophene rings is 1. The fourth-order valence-electron chi connectivity index (χ4n) is 3.59. The van der Waals surface area contributed by atoms with Crippen molar-refractivity contribution in [3.8, 4) is 5.69 Å². The number of nitrogens with one attached hydrogen (secondary N) is 1.